The fourth-order valence-electron chi connectivity index (χ4n) is 11.9. The van der Waals surface area contributed by atoms with Crippen LogP contribution >= 0.6 is 0 Å². The van der Waals surface area contributed by atoms with E-state index in [9.17, 15) is 0 Å². The molecule has 14 aromatic rings. The van der Waals surface area contributed by atoms with Gasteiger partial charge in [0.15, 0.2) is 0 Å². The molecule has 14 rings (SSSR count). The minimum atomic E-state index is 0.123. The molecule has 0 aliphatic carbocycles. The minimum absolute atomic E-state index is 0.123. The number of nitrogens with zero attached hydrogens (tertiary/aromatic N) is 6. The zero-order valence-corrected chi connectivity index (χ0v) is 52.0. The first kappa shape index (κ1) is 57.2. The maximum atomic E-state index is 3.49. The van der Waals surface area contributed by atoms with Gasteiger partial charge in [-0.2, -0.15) is 0 Å². The maximum Gasteiger partial charge on any atom is 0.0707 e. The van der Waals surface area contributed by atoms with Crippen molar-refractivity contribution in [2.45, 2.75) is 52.4 Å². The van der Waals surface area contributed by atoms with Crippen molar-refractivity contribution in [2.24, 2.45) is 0 Å². The number of fused-ring (bicyclic) bond motifs is 12. The number of rotatable bonds is 7. The molecule has 0 fully saturated rings. The number of nitrogens with one attached hydrogen (secondary N) is 3. The van der Waals surface area contributed by atoms with E-state index in [1.54, 1.807) is 0 Å². The third kappa shape index (κ3) is 11.0. The van der Waals surface area contributed by atoms with Crippen molar-refractivity contribution < 1.29 is 0 Å². The first-order valence-corrected chi connectivity index (χ1v) is 29.5. The number of H-pyrrole nitrogens is 1. The van der Waals surface area contributed by atoms with Crippen molar-refractivity contribution in [3.8, 4) is 11.4 Å². The number of benzene rings is 10. The molecule has 0 radical (unpaired) electrons. The number of hydrogen-bond acceptors (Lipinski definition) is 5. The summed E-state index contributed by atoms with van der Waals surface area (Å²) < 4.78 is 6.98. The highest BCUT2D eigenvalue weighted by atomic mass is 15.5. The van der Waals surface area contributed by atoms with Gasteiger partial charge in [-0.1, -0.05) is 151 Å². The standard InChI is InChI=1S/C28H34N2.C20H18N2.C14H15N3.C14H14N2/c1-27(2,3)19-9-15-25-23(17-19)24-18-20(28(4,5)6)10-16-26(24)30(25)22-13-11-21(12-14-22)29(7)8;1-21(2)15-11-13-16(14-12-15)22-19-9-5-3-7-17(19)18-8-4-6-10-20(18)22;1-15-11-7-3-5-9-10-6-4-8-12(16-2)14(10)17-13(9)11;1-15(2)16-13-9-5-3-7-11(13)12-8-4-6-10-14(12)16/h9-18H,1-8H3;3-14H,1-2H3;3-8,15-17H,1-2H3;3-10H,1-2H3. The number of aromatic amines is 1. The van der Waals surface area contributed by atoms with Crippen LogP contribution in [0.25, 0.3) is 98.6 Å². The van der Waals surface area contributed by atoms with Gasteiger partial charge in [0, 0.05) is 122 Å². The van der Waals surface area contributed by atoms with Crippen LogP contribution < -0.4 is 25.4 Å². The van der Waals surface area contributed by atoms with Gasteiger partial charge in [-0.15, -0.1) is 0 Å². The second kappa shape index (κ2) is 23.2. The number of anilines is 4. The van der Waals surface area contributed by atoms with Crippen molar-refractivity contribution in [1.29, 1.82) is 0 Å². The van der Waals surface area contributed by atoms with Crippen molar-refractivity contribution in [2.75, 3.05) is 81.8 Å². The van der Waals surface area contributed by atoms with E-state index >= 15 is 0 Å². The highest BCUT2D eigenvalue weighted by Crippen LogP contribution is 2.39. The average Bonchev–Trinajstić information content (AvgIpc) is 2.46. The highest BCUT2D eigenvalue weighted by molar-refractivity contribution is 6.15. The molecule has 0 unspecified atom stereocenters. The molecule has 0 saturated carbocycles. The quantitative estimate of drug-likeness (QED) is 0.148. The molecule has 4 aromatic heterocycles. The molecular weight excluding hydrogens is 1040 g/mol. The van der Waals surface area contributed by atoms with Crippen LogP contribution in [0.5, 0.6) is 0 Å². The summed E-state index contributed by atoms with van der Waals surface area (Å²) in [6.45, 7) is 13.7. The van der Waals surface area contributed by atoms with E-state index in [0.717, 1.165) is 22.4 Å². The molecule has 0 aliphatic rings. The number of aromatic nitrogens is 4. The number of hydrogen-bond donors (Lipinski definition) is 3. The van der Waals surface area contributed by atoms with Crippen LogP contribution in [0.4, 0.5) is 22.7 Å². The predicted molar refractivity (Wildman–Crippen MR) is 372 cm³/mol. The molecule has 10 aromatic carbocycles. The van der Waals surface area contributed by atoms with Crippen LogP contribution in [-0.4, -0.2) is 75.2 Å². The molecule has 85 heavy (non-hydrogen) atoms. The Morgan fingerprint density at radius 2 is 0.647 bits per heavy atom. The molecular formula is C76H81N9. The first-order valence-electron chi connectivity index (χ1n) is 29.5. The van der Waals surface area contributed by atoms with Gasteiger partial charge >= 0.3 is 0 Å². The lowest BCUT2D eigenvalue weighted by Crippen LogP contribution is -2.24. The molecule has 0 aliphatic heterocycles. The summed E-state index contributed by atoms with van der Waals surface area (Å²) in [7, 11) is 16.3. The summed E-state index contributed by atoms with van der Waals surface area (Å²) in [4.78, 5) is 7.75. The van der Waals surface area contributed by atoms with Gasteiger partial charge in [0.2, 0.25) is 0 Å². The zero-order chi connectivity index (χ0) is 59.9. The fraction of sp³-hybridized carbons (Fsp3) is 0.211. The van der Waals surface area contributed by atoms with Crippen molar-refractivity contribution >= 4 is 110 Å². The lowest BCUT2D eigenvalue weighted by molar-refractivity contribution is 0.590. The molecule has 0 bridgehead atoms. The third-order valence-electron chi connectivity index (χ3n) is 16.5. The normalized spacial score (nSPS) is 11.6. The van der Waals surface area contributed by atoms with E-state index in [-0.39, 0.29) is 10.8 Å². The maximum absolute atomic E-state index is 3.49. The fourth-order valence-corrected chi connectivity index (χ4v) is 11.9. The van der Waals surface area contributed by atoms with E-state index in [4.69, 9.17) is 0 Å². The van der Waals surface area contributed by atoms with Crippen LogP contribution in [-0.2, 0) is 10.8 Å². The van der Waals surface area contributed by atoms with Crippen LogP contribution in [0, 0.1) is 0 Å². The number of para-hydroxylation sites is 6. The Labute approximate surface area is 501 Å². The molecule has 4 heterocycles. The van der Waals surface area contributed by atoms with E-state index in [2.05, 4.69) is 346 Å². The van der Waals surface area contributed by atoms with E-state index in [0.29, 0.717) is 0 Å². The van der Waals surface area contributed by atoms with Gasteiger partial charge in [0.05, 0.1) is 55.5 Å². The van der Waals surface area contributed by atoms with E-state index in [1.165, 1.54) is 110 Å². The van der Waals surface area contributed by atoms with Crippen LogP contribution in [0.3, 0.4) is 0 Å². The smallest absolute Gasteiger partial charge is 0.0707 e. The largest absolute Gasteiger partial charge is 0.386 e. The second-order valence-electron chi connectivity index (χ2n) is 24.8. The molecule has 9 heteroatoms. The van der Waals surface area contributed by atoms with Crippen LogP contribution in [0.2, 0.25) is 0 Å². The summed E-state index contributed by atoms with van der Waals surface area (Å²) in [6.07, 6.45) is 0. The predicted octanol–water partition coefficient (Wildman–Crippen LogP) is 18.7. The van der Waals surface area contributed by atoms with Gasteiger partial charge < -0.3 is 39.6 Å². The van der Waals surface area contributed by atoms with Gasteiger partial charge in [-0.05, 0) is 131 Å². The van der Waals surface area contributed by atoms with Gasteiger partial charge in [0.1, 0.15) is 0 Å². The first-order chi connectivity index (χ1) is 40.9. The molecule has 0 saturated heterocycles. The summed E-state index contributed by atoms with van der Waals surface area (Å²) in [5.74, 6) is 0. The SMILES string of the molecule is CN(C)c1ccc(-n2c3ccc(C(C)(C)C)cc3c3cc(C(C)(C)C)ccc32)cc1.CN(C)c1ccc(-n2c3ccccc3c3ccccc32)cc1.CN(C)n1c2ccccc2c2ccccc21.CNc1cccc2c1[nH]c1c(NC)cccc12. The summed E-state index contributed by atoms with van der Waals surface area (Å²) >= 11 is 0. The topological polar surface area (TPSA) is 64.4 Å². The Bertz CT molecular complexity index is 4430. The Balaban J connectivity index is 0.000000122. The highest BCUT2D eigenvalue weighted by Gasteiger charge is 2.21. The van der Waals surface area contributed by atoms with E-state index < -0.39 is 0 Å². The monoisotopic (exact) mass is 1120 g/mol. The Hall–Kier alpha value is -9.60. The van der Waals surface area contributed by atoms with Crippen molar-refractivity contribution in [1.82, 2.24) is 18.8 Å². The molecule has 3 N–H and O–H groups in total. The van der Waals surface area contributed by atoms with Crippen LogP contribution in [0.15, 0.2) is 218 Å². The average molecular weight is 1120 g/mol. The zero-order valence-electron chi connectivity index (χ0n) is 52.0. The summed E-state index contributed by atoms with van der Waals surface area (Å²) in [5, 5.41) is 18.9. The van der Waals surface area contributed by atoms with E-state index in [1.807, 2.05) is 14.1 Å². The molecule has 430 valence electrons. The van der Waals surface area contributed by atoms with Crippen molar-refractivity contribution in [3.63, 3.8) is 0 Å². The van der Waals surface area contributed by atoms with Gasteiger partial charge in [0.25, 0.3) is 0 Å². The Morgan fingerprint density at radius 3 is 0.976 bits per heavy atom. The lowest BCUT2D eigenvalue weighted by atomic mass is 9.85. The van der Waals surface area contributed by atoms with Gasteiger partial charge in [-0.3, -0.25) is 4.68 Å². The lowest BCUT2D eigenvalue weighted by Gasteiger charge is -2.19. The minimum Gasteiger partial charge on any atom is -0.386 e. The third-order valence-corrected chi connectivity index (χ3v) is 16.5. The van der Waals surface area contributed by atoms with Crippen LogP contribution in [0.1, 0.15) is 52.7 Å². The molecule has 0 spiro atoms. The summed E-state index contributed by atoms with van der Waals surface area (Å²) in [5.41, 5.74) is 19.9. The summed E-state index contributed by atoms with van der Waals surface area (Å²) in [6, 6.07) is 78.3. The van der Waals surface area contributed by atoms with Crippen molar-refractivity contribution in [3.05, 3.63) is 230 Å². The molecule has 0 amide bonds. The second-order valence-corrected chi connectivity index (χ2v) is 24.8. The molecule has 0 atom stereocenters. The Morgan fingerprint density at radius 1 is 0.329 bits per heavy atom. The molecule has 9 nitrogen and oxygen atoms in total. The Kier molecular flexibility index (Phi) is 15.6. The van der Waals surface area contributed by atoms with Gasteiger partial charge in [-0.25, -0.2) is 0 Å².